The Morgan fingerprint density at radius 3 is 2.23 bits per heavy atom. The minimum Gasteiger partial charge on any atom is -0.472 e. The van der Waals surface area contributed by atoms with Crippen LogP contribution >= 0.6 is 0 Å². The van der Waals surface area contributed by atoms with E-state index >= 15 is 0 Å². The third-order valence-corrected chi connectivity index (χ3v) is 5.69. The number of hydrogen-bond donors (Lipinski definition) is 1. The maximum atomic E-state index is 10.7. The van der Waals surface area contributed by atoms with Gasteiger partial charge in [0.15, 0.2) is 0 Å². The van der Waals surface area contributed by atoms with Crippen molar-refractivity contribution in [2.45, 2.75) is 58.3 Å². The molecule has 2 nitrogen and oxygen atoms in total. The Hall–Kier alpha value is -2.53. The van der Waals surface area contributed by atoms with E-state index in [-0.39, 0.29) is 10.8 Å². The number of benzene rings is 2. The van der Waals surface area contributed by atoms with E-state index in [0.717, 1.165) is 11.1 Å². The van der Waals surface area contributed by atoms with Gasteiger partial charge in [-0.1, -0.05) is 57.9 Å². The van der Waals surface area contributed by atoms with E-state index in [1.165, 1.54) is 35.1 Å². The van der Waals surface area contributed by atoms with Gasteiger partial charge in [-0.15, -0.1) is 0 Å². The molecule has 1 aliphatic carbocycles. The van der Waals surface area contributed by atoms with E-state index < -0.39 is 5.97 Å². The molecular formula is C24H26O2. The van der Waals surface area contributed by atoms with Crippen molar-refractivity contribution in [1.29, 1.82) is 0 Å². The third kappa shape index (κ3) is 3.40. The van der Waals surface area contributed by atoms with Gasteiger partial charge in [0, 0.05) is 11.5 Å². The minimum absolute atomic E-state index is 0.161. The molecule has 0 fully saturated rings. The fourth-order valence-corrected chi connectivity index (χ4v) is 3.92. The van der Waals surface area contributed by atoms with Crippen LogP contribution in [0.1, 0.15) is 62.8 Å². The molecule has 2 aromatic rings. The van der Waals surface area contributed by atoms with Gasteiger partial charge < -0.3 is 5.11 Å². The molecule has 0 heterocycles. The average Bonchev–Trinajstić information content (AvgIpc) is 2.57. The van der Waals surface area contributed by atoms with Crippen molar-refractivity contribution in [2.75, 3.05) is 0 Å². The number of aryl methyl sites for hydroxylation is 1. The molecule has 0 atom stereocenters. The van der Waals surface area contributed by atoms with Crippen molar-refractivity contribution in [1.82, 2.24) is 0 Å². The van der Waals surface area contributed by atoms with Crippen LogP contribution in [-0.4, -0.2) is 11.1 Å². The SMILES string of the molecule is Cc1cc2c(cc1-c1cccc(C#CC(=O)O)c1)C(C)(C)CCC2(C)C. The summed E-state index contributed by atoms with van der Waals surface area (Å²) in [5, 5.41) is 8.77. The number of rotatable bonds is 1. The van der Waals surface area contributed by atoms with E-state index in [0.29, 0.717) is 0 Å². The van der Waals surface area contributed by atoms with Crippen LogP contribution in [-0.2, 0) is 15.6 Å². The fraction of sp³-hybridized carbons (Fsp3) is 0.375. The first kappa shape index (κ1) is 18.3. The van der Waals surface area contributed by atoms with Crippen molar-refractivity contribution in [2.24, 2.45) is 0 Å². The Kier molecular flexibility index (Phi) is 4.44. The number of carboxylic acid groups (broad SMARTS) is 1. The van der Waals surface area contributed by atoms with Crippen LogP contribution in [0, 0.1) is 18.8 Å². The number of aliphatic carboxylic acids is 1. The normalized spacial score (nSPS) is 17.0. The highest BCUT2D eigenvalue weighted by molar-refractivity contribution is 5.87. The number of fused-ring (bicyclic) bond motifs is 1. The van der Waals surface area contributed by atoms with Gasteiger partial charge in [0.2, 0.25) is 0 Å². The summed E-state index contributed by atoms with van der Waals surface area (Å²) in [6, 6.07) is 12.5. The Labute approximate surface area is 156 Å². The lowest BCUT2D eigenvalue weighted by atomic mass is 9.62. The van der Waals surface area contributed by atoms with Crippen LogP contribution in [0.5, 0.6) is 0 Å². The molecule has 26 heavy (non-hydrogen) atoms. The molecule has 0 saturated carbocycles. The fourth-order valence-electron chi connectivity index (χ4n) is 3.92. The van der Waals surface area contributed by atoms with Gasteiger partial charge in [-0.2, -0.15) is 0 Å². The monoisotopic (exact) mass is 346 g/mol. The van der Waals surface area contributed by atoms with Crippen molar-refractivity contribution < 1.29 is 9.90 Å². The second-order valence-corrected chi connectivity index (χ2v) is 8.62. The molecule has 0 radical (unpaired) electrons. The quantitative estimate of drug-likeness (QED) is 0.697. The van der Waals surface area contributed by atoms with Crippen LogP contribution in [0.2, 0.25) is 0 Å². The summed E-state index contributed by atoms with van der Waals surface area (Å²) >= 11 is 0. The number of carboxylic acids is 1. The summed E-state index contributed by atoms with van der Waals surface area (Å²) in [5.74, 6) is 3.80. The molecule has 1 aliphatic rings. The van der Waals surface area contributed by atoms with Crippen LogP contribution in [0.4, 0.5) is 0 Å². The molecule has 0 unspecified atom stereocenters. The van der Waals surface area contributed by atoms with Gasteiger partial charge in [-0.3, -0.25) is 0 Å². The molecule has 0 amide bonds. The summed E-state index contributed by atoms with van der Waals surface area (Å²) < 4.78 is 0. The van der Waals surface area contributed by atoms with Crippen molar-refractivity contribution in [3.05, 3.63) is 58.7 Å². The zero-order chi connectivity index (χ0) is 19.1. The van der Waals surface area contributed by atoms with E-state index in [2.05, 4.69) is 64.7 Å². The summed E-state index contributed by atoms with van der Waals surface area (Å²) in [6.45, 7) is 11.5. The van der Waals surface area contributed by atoms with Crippen molar-refractivity contribution >= 4 is 5.97 Å². The van der Waals surface area contributed by atoms with E-state index in [1.807, 2.05) is 18.2 Å². The molecule has 2 aromatic carbocycles. The first-order chi connectivity index (χ1) is 12.1. The molecule has 0 bridgehead atoms. The minimum atomic E-state index is -1.11. The van der Waals surface area contributed by atoms with Crippen molar-refractivity contribution in [3.8, 4) is 23.0 Å². The molecular weight excluding hydrogens is 320 g/mol. The highest BCUT2D eigenvalue weighted by atomic mass is 16.4. The Morgan fingerprint density at radius 1 is 1.00 bits per heavy atom. The Balaban J connectivity index is 2.15. The predicted molar refractivity (Wildman–Crippen MR) is 106 cm³/mol. The van der Waals surface area contributed by atoms with Gasteiger partial charge in [0.1, 0.15) is 0 Å². The second kappa shape index (κ2) is 6.32. The molecule has 0 saturated heterocycles. The number of hydrogen-bond acceptors (Lipinski definition) is 1. The van der Waals surface area contributed by atoms with Crippen LogP contribution < -0.4 is 0 Å². The van der Waals surface area contributed by atoms with Gasteiger partial charge >= 0.3 is 5.97 Å². The Bertz CT molecular complexity index is 936. The number of carbonyl (C=O) groups is 1. The topological polar surface area (TPSA) is 37.3 Å². The zero-order valence-electron chi connectivity index (χ0n) is 16.2. The largest absolute Gasteiger partial charge is 0.472 e. The summed E-state index contributed by atoms with van der Waals surface area (Å²) in [5.41, 5.74) is 7.50. The van der Waals surface area contributed by atoms with Gasteiger partial charge in [0.05, 0.1) is 0 Å². The second-order valence-electron chi connectivity index (χ2n) is 8.62. The lowest BCUT2D eigenvalue weighted by Gasteiger charge is -2.42. The summed E-state index contributed by atoms with van der Waals surface area (Å²) in [7, 11) is 0. The van der Waals surface area contributed by atoms with Crippen LogP contribution in [0.15, 0.2) is 36.4 Å². The first-order valence-electron chi connectivity index (χ1n) is 9.11. The lowest BCUT2D eigenvalue weighted by Crippen LogP contribution is -2.34. The Morgan fingerprint density at radius 2 is 1.62 bits per heavy atom. The average molecular weight is 346 g/mol. The maximum Gasteiger partial charge on any atom is 0.382 e. The molecule has 0 aromatic heterocycles. The smallest absolute Gasteiger partial charge is 0.382 e. The van der Waals surface area contributed by atoms with Gasteiger partial charge in [0.25, 0.3) is 0 Å². The molecule has 2 heteroatoms. The van der Waals surface area contributed by atoms with Crippen LogP contribution in [0.3, 0.4) is 0 Å². The molecule has 0 spiro atoms. The third-order valence-electron chi connectivity index (χ3n) is 5.69. The molecule has 1 N–H and O–H groups in total. The zero-order valence-corrected chi connectivity index (χ0v) is 16.2. The van der Waals surface area contributed by atoms with Crippen molar-refractivity contribution in [3.63, 3.8) is 0 Å². The summed E-state index contributed by atoms with van der Waals surface area (Å²) in [4.78, 5) is 10.7. The first-order valence-corrected chi connectivity index (χ1v) is 9.11. The van der Waals surface area contributed by atoms with E-state index in [9.17, 15) is 4.79 Å². The van der Waals surface area contributed by atoms with E-state index in [1.54, 1.807) is 0 Å². The highest BCUT2D eigenvalue weighted by Crippen LogP contribution is 2.47. The van der Waals surface area contributed by atoms with Gasteiger partial charge in [-0.05, 0) is 70.5 Å². The molecule has 0 aliphatic heterocycles. The van der Waals surface area contributed by atoms with E-state index in [4.69, 9.17) is 5.11 Å². The predicted octanol–water partition coefficient (Wildman–Crippen LogP) is 5.45. The maximum absolute atomic E-state index is 10.7. The standard InChI is InChI=1S/C24H26O2/c1-16-13-20-21(24(4,5)12-11-23(20,2)3)15-19(16)18-8-6-7-17(14-18)9-10-22(25)26/h6-8,13-15H,11-12H2,1-5H3,(H,25,26). The van der Waals surface area contributed by atoms with Crippen LogP contribution in [0.25, 0.3) is 11.1 Å². The summed E-state index contributed by atoms with van der Waals surface area (Å²) in [6.07, 6.45) is 2.38. The van der Waals surface area contributed by atoms with Gasteiger partial charge in [-0.25, -0.2) is 4.79 Å². The lowest BCUT2D eigenvalue weighted by molar-refractivity contribution is -0.130. The molecule has 134 valence electrons. The highest BCUT2D eigenvalue weighted by Gasteiger charge is 2.37. The molecule has 3 rings (SSSR count).